The molecule has 2 aliphatic rings. The normalized spacial score (nSPS) is 20.9. The lowest BCUT2D eigenvalue weighted by Crippen LogP contribution is -2.49. The van der Waals surface area contributed by atoms with Crippen LogP contribution in [0.15, 0.2) is 24.3 Å². The Labute approximate surface area is 158 Å². The van der Waals surface area contributed by atoms with Gasteiger partial charge in [-0.2, -0.15) is 0 Å². The maximum atomic E-state index is 12.9. The molecule has 1 aliphatic heterocycles. The van der Waals surface area contributed by atoms with Crippen LogP contribution in [-0.2, 0) is 16.1 Å². The van der Waals surface area contributed by atoms with E-state index in [4.69, 9.17) is 16.3 Å². The van der Waals surface area contributed by atoms with Gasteiger partial charge in [-0.05, 0) is 24.5 Å². The molecule has 1 saturated heterocycles. The van der Waals surface area contributed by atoms with Gasteiger partial charge >= 0.3 is 6.03 Å². The number of β-amino-alcohol motifs (C(OH)–C–C–N with tert-alkyl or cyclic N) is 1. The van der Waals surface area contributed by atoms with Gasteiger partial charge in [-0.3, -0.25) is 9.69 Å². The molecule has 1 N–H and O–H groups in total. The Hall–Kier alpha value is -1.63. The smallest absolute Gasteiger partial charge is 0.327 e. The zero-order valence-electron chi connectivity index (χ0n) is 15.0. The molecule has 2 fully saturated rings. The SMILES string of the molecule is CN1C(=O)N(C[C@H](O)COCc2ccccc2Cl)C(=O)C12CCCCC2. The first-order chi connectivity index (χ1) is 12.5. The average molecular weight is 381 g/mol. The van der Waals surface area contributed by atoms with Crippen molar-refractivity contribution in [3.63, 3.8) is 0 Å². The molecule has 1 aromatic carbocycles. The third-order valence-corrected chi connectivity index (χ3v) is 5.77. The fourth-order valence-corrected chi connectivity index (χ4v) is 4.07. The molecule has 1 saturated carbocycles. The molecule has 1 aliphatic carbocycles. The van der Waals surface area contributed by atoms with E-state index in [1.54, 1.807) is 18.0 Å². The van der Waals surface area contributed by atoms with Crippen LogP contribution in [0.25, 0.3) is 0 Å². The topological polar surface area (TPSA) is 70.1 Å². The summed E-state index contributed by atoms with van der Waals surface area (Å²) in [6.45, 7) is 0.244. The molecule has 0 bridgehead atoms. The van der Waals surface area contributed by atoms with Gasteiger partial charge in [0.1, 0.15) is 5.54 Å². The van der Waals surface area contributed by atoms with Crippen LogP contribution in [0.1, 0.15) is 37.7 Å². The van der Waals surface area contributed by atoms with Crippen LogP contribution in [0.4, 0.5) is 4.79 Å². The molecular formula is C19H25ClN2O4. The number of carbonyl (C=O) groups is 2. The van der Waals surface area contributed by atoms with Crippen LogP contribution in [0.5, 0.6) is 0 Å². The Balaban J connectivity index is 1.55. The number of halogens is 1. The van der Waals surface area contributed by atoms with Crippen molar-refractivity contribution in [2.24, 2.45) is 0 Å². The second-order valence-electron chi connectivity index (χ2n) is 7.11. The molecule has 7 heteroatoms. The van der Waals surface area contributed by atoms with Crippen molar-refractivity contribution in [2.75, 3.05) is 20.2 Å². The number of nitrogens with zero attached hydrogens (tertiary/aromatic N) is 2. The predicted octanol–water partition coefficient (Wildman–Crippen LogP) is 2.81. The number of hydrogen-bond donors (Lipinski definition) is 1. The quantitative estimate of drug-likeness (QED) is 0.770. The fraction of sp³-hybridized carbons (Fsp3) is 0.579. The first kappa shape index (κ1) is 19.1. The van der Waals surface area contributed by atoms with Crippen molar-refractivity contribution in [1.82, 2.24) is 9.80 Å². The number of aliphatic hydroxyl groups is 1. The molecule has 6 nitrogen and oxygen atoms in total. The van der Waals surface area contributed by atoms with Crippen molar-refractivity contribution in [3.05, 3.63) is 34.9 Å². The number of amides is 3. The molecule has 3 rings (SSSR count). The molecule has 1 aromatic rings. The fourth-order valence-electron chi connectivity index (χ4n) is 3.88. The van der Waals surface area contributed by atoms with E-state index in [-0.39, 0.29) is 31.7 Å². The molecule has 0 unspecified atom stereocenters. The van der Waals surface area contributed by atoms with Gasteiger partial charge in [0, 0.05) is 12.1 Å². The Morgan fingerprint density at radius 1 is 1.23 bits per heavy atom. The minimum Gasteiger partial charge on any atom is -0.389 e. The molecule has 0 aromatic heterocycles. The zero-order valence-corrected chi connectivity index (χ0v) is 15.7. The van der Waals surface area contributed by atoms with Crippen LogP contribution in [0.2, 0.25) is 5.02 Å². The number of rotatable bonds is 6. The van der Waals surface area contributed by atoms with Crippen LogP contribution < -0.4 is 0 Å². The summed E-state index contributed by atoms with van der Waals surface area (Å²) in [5.74, 6) is -0.185. The van der Waals surface area contributed by atoms with Crippen LogP contribution in [-0.4, -0.2) is 58.7 Å². The van der Waals surface area contributed by atoms with E-state index in [2.05, 4.69) is 0 Å². The summed E-state index contributed by atoms with van der Waals surface area (Å²) in [5.41, 5.74) is 0.114. The van der Waals surface area contributed by atoms with E-state index in [9.17, 15) is 14.7 Å². The minimum atomic E-state index is -0.933. The zero-order chi connectivity index (χ0) is 18.7. The Bertz CT molecular complexity index is 675. The van der Waals surface area contributed by atoms with Gasteiger partial charge in [-0.15, -0.1) is 0 Å². The lowest BCUT2D eigenvalue weighted by atomic mass is 9.81. The van der Waals surface area contributed by atoms with Crippen LogP contribution in [0.3, 0.4) is 0 Å². The summed E-state index contributed by atoms with van der Waals surface area (Å²) in [5, 5.41) is 10.8. The van der Waals surface area contributed by atoms with E-state index in [1.807, 2.05) is 18.2 Å². The van der Waals surface area contributed by atoms with Gasteiger partial charge in [-0.1, -0.05) is 49.1 Å². The summed E-state index contributed by atoms with van der Waals surface area (Å²) in [7, 11) is 1.69. The van der Waals surface area contributed by atoms with Crippen LogP contribution >= 0.6 is 11.6 Å². The summed E-state index contributed by atoms with van der Waals surface area (Å²) in [6, 6.07) is 6.99. The van der Waals surface area contributed by atoms with Crippen molar-refractivity contribution in [2.45, 2.75) is 50.4 Å². The number of aliphatic hydroxyl groups excluding tert-OH is 1. The number of imide groups is 1. The second-order valence-corrected chi connectivity index (χ2v) is 7.52. The second kappa shape index (κ2) is 7.94. The highest BCUT2D eigenvalue weighted by atomic mass is 35.5. The van der Waals surface area contributed by atoms with Crippen molar-refractivity contribution >= 4 is 23.5 Å². The summed E-state index contributed by atoms with van der Waals surface area (Å²) < 4.78 is 5.51. The van der Waals surface area contributed by atoms with Crippen molar-refractivity contribution in [3.8, 4) is 0 Å². The molecule has 26 heavy (non-hydrogen) atoms. The third kappa shape index (κ3) is 3.59. The maximum absolute atomic E-state index is 12.9. The van der Waals surface area contributed by atoms with E-state index in [0.29, 0.717) is 17.9 Å². The molecule has 3 amide bonds. The van der Waals surface area contributed by atoms with E-state index in [0.717, 1.165) is 24.8 Å². The first-order valence-corrected chi connectivity index (χ1v) is 9.42. The highest BCUT2D eigenvalue weighted by Crippen LogP contribution is 2.39. The maximum Gasteiger partial charge on any atom is 0.327 e. The number of likely N-dealkylation sites (N-methyl/N-ethyl adjacent to an activating group) is 1. The highest BCUT2D eigenvalue weighted by molar-refractivity contribution is 6.31. The van der Waals surface area contributed by atoms with Gasteiger partial charge < -0.3 is 14.7 Å². The van der Waals surface area contributed by atoms with E-state index >= 15 is 0 Å². The predicted molar refractivity (Wildman–Crippen MR) is 97.8 cm³/mol. The average Bonchev–Trinajstić information content (AvgIpc) is 2.80. The molecule has 1 heterocycles. The van der Waals surface area contributed by atoms with E-state index in [1.165, 1.54) is 4.90 Å². The van der Waals surface area contributed by atoms with Gasteiger partial charge in [0.25, 0.3) is 5.91 Å². The van der Waals surface area contributed by atoms with E-state index < -0.39 is 11.6 Å². The molecule has 1 spiro atoms. The first-order valence-electron chi connectivity index (χ1n) is 9.05. The van der Waals surface area contributed by atoms with Gasteiger partial charge in [0.15, 0.2) is 0 Å². The van der Waals surface area contributed by atoms with Gasteiger partial charge in [0.05, 0.1) is 25.9 Å². The number of hydrogen-bond acceptors (Lipinski definition) is 4. The number of carbonyl (C=O) groups excluding carboxylic acids is 2. The van der Waals surface area contributed by atoms with Gasteiger partial charge in [-0.25, -0.2) is 4.79 Å². The van der Waals surface area contributed by atoms with Crippen molar-refractivity contribution < 1.29 is 19.4 Å². The largest absolute Gasteiger partial charge is 0.389 e. The monoisotopic (exact) mass is 380 g/mol. The Morgan fingerprint density at radius 2 is 1.92 bits per heavy atom. The minimum absolute atomic E-state index is 0.0268. The molecular weight excluding hydrogens is 356 g/mol. The number of ether oxygens (including phenoxy) is 1. The molecule has 1 atom stereocenters. The van der Waals surface area contributed by atoms with Crippen LogP contribution in [0, 0.1) is 0 Å². The van der Waals surface area contributed by atoms with Gasteiger partial charge in [0.2, 0.25) is 0 Å². The number of urea groups is 1. The Morgan fingerprint density at radius 3 is 2.62 bits per heavy atom. The standard InChI is InChI=1S/C19H25ClN2O4/c1-21-18(25)22(17(24)19(21)9-5-2-6-10-19)11-15(23)13-26-12-14-7-3-4-8-16(14)20/h3-4,7-8,15,23H,2,5-6,9-13H2,1H3/t15-/m0/s1. The lowest BCUT2D eigenvalue weighted by Gasteiger charge is -2.35. The lowest BCUT2D eigenvalue weighted by molar-refractivity contribution is -0.135. The number of benzene rings is 1. The summed E-state index contributed by atoms with van der Waals surface area (Å²) in [4.78, 5) is 28.1. The summed E-state index contributed by atoms with van der Waals surface area (Å²) >= 11 is 6.07. The molecule has 0 radical (unpaired) electrons. The third-order valence-electron chi connectivity index (χ3n) is 5.40. The van der Waals surface area contributed by atoms with Crippen molar-refractivity contribution in [1.29, 1.82) is 0 Å². The molecule has 142 valence electrons. The highest BCUT2D eigenvalue weighted by Gasteiger charge is 2.55. The summed E-state index contributed by atoms with van der Waals surface area (Å²) in [6.07, 6.45) is 3.45. The Kier molecular flexibility index (Phi) is 5.85.